The molecule has 0 radical (unpaired) electrons. The monoisotopic (exact) mass is 468 g/mol. The van der Waals surface area contributed by atoms with Gasteiger partial charge in [-0.25, -0.2) is 22.0 Å². The summed E-state index contributed by atoms with van der Waals surface area (Å²) >= 11 is 0. The van der Waals surface area contributed by atoms with Gasteiger partial charge in [-0.2, -0.15) is 4.31 Å². The molecule has 0 aromatic heterocycles. The van der Waals surface area contributed by atoms with Gasteiger partial charge in [0.15, 0.2) is 0 Å². The number of benzene rings is 2. The molecular weight excluding hydrogens is 444 g/mol. The highest BCUT2D eigenvalue weighted by molar-refractivity contribution is 7.89. The summed E-state index contributed by atoms with van der Waals surface area (Å²) in [6.45, 7) is 1.90. The molecule has 12 heteroatoms. The zero-order valence-corrected chi connectivity index (χ0v) is 18.7. The molecule has 0 aliphatic carbocycles. The fourth-order valence-electron chi connectivity index (χ4n) is 3.12. The van der Waals surface area contributed by atoms with Crippen LogP contribution in [0.2, 0.25) is 0 Å². The van der Waals surface area contributed by atoms with E-state index in [1.807, 2.05) is 11.9 Å². The first-order valence-corrected chi connectivity index (χ1v) is 12.3. The molecule has 1 saturated heterocycles. The Bertz CT molecular complexity index is 1170. The summed E-state index contributed by atoms with van der Waals surface area (Å²) in [7, 11) is -4.42. The first-order valence-electron chi connectivity index (χ1n) is 9.33. The smallest absolute Gasteiger partial charge is 0.255 e. The summed E-state index contributed by atoms with van der Waals surface area (Å²) in [6, 6.07) is 9.48. The van der Waals surface area contributed by atoms with Crippen LogP contribution in [0.1, 0.15) is 10.4 Å². The topological polar surface area (TPSA) is 139 Å². The van der Waals surface area contributed by atoms with Gasteiger partial charge in [0.1, 0.15) is 10.6 Å². The van der Waals surface area contributed by atoms with E-state index >= 15 is 0 Å². The molecule has 1 aliphatic heterocycles. The van der Waals surface area contributed by atoms with Gasteiger partial charge >= 0.3 is 0 Å². The third-order valence-electron chi connectivity index (χ3n) is 4.95. The van der Waals surface area contributed by atoms with Gasteiger partial charge in [-0.15, -0.1) is 0 Å². The van der Waals surface area contributed by atoms with Gasteiger partial charge in [-0.3, -0.25) is 4.79 Å². The molecule has 1 heterocycles. The molecule has 3 N–H and O–H groups in total. The number of likely N-dealkylation sites (N-methyl/N-ethyl adjacent to an activating group) is 1. The summed E-state index contributed by atoms with van der Waals surface area (Å²) in [5.41, 5.74) is 0.445. The van der Waals surface area contributed by atoms with E-state index in [-0.39, 0.29) is 21.1 Å². The van der Waals surface area contributed by atoms with Crippen LogP contribution >= 0.6 is 0 Å². The average molecular weight is 469 g/mol. The fourth-order valence-corrected chi connectivity index (χ4v) is 5.24. The third kappa shape index (κ3) is 5.22. The number of carbonyl (C=O) groups is 1. The first-order chi connectivity index (χ1) is 14.5. The minimum atomic E-state index is -3.86. The molecule has 31 heavy (non-hydrogen) atoms. The van der Waals surface area contributed by atoms with Crippen LogP contribution in [-0.2, 0) is 20.0 Å². The van der Waals surface area contributed by atoms with Crippen molar-refractivity contribution in [1.82, 2.24) is 9.21 Å². The number of hydrogen-bond donors (Lipinski definition) is 2. The maximum Gasteiger partial charge on any atom is 0.255 e. The highest BCUT2D eigenvalue weighted by Crippen LogP contribution is 2.29. The minimum absolute atomic E-state index is 0.0863. The van der Waals surface area contributed by atoms with Crippen LogP contribution in [0.15, 0.2) is 52.3 Å². The number of carbonyl (C=O) groups excluding carboxylic acids is 1. The Morgan fingerprint density at radius 1 is 1.00 bits per heavy atom. The van der Waals surface area contributed by atoms with Gasteiger partial charge in [0.25, 0.3) is 5.91 Å². The van der Waals surface area contributed by atoms with Gasteiger partial charge in [-0.05, 0) is 49.5 Å². The maximum absolute atomic E-state index is 13.2. The number of hydrogen-bond acceptors (Lipinski definition) is 7. The summed E-state index contributed by atoms with van der Waals surface area (Å²) < 4.78 is 55.6. The molecule has 2 aromatic rings. The number of piperazine rings is 1. The number of ether oxygens (including phenoxy) is 1. The van der Waals surface area contributed by atoms with Crippen molar-refractivity contribution in [2.24, 2.45) is 5.14 Å². The van der Waals surface area contributed by atoms with Crippen molar-refractivity contribution in [3.8, 4) is 5.75 Å². The van der Waals surface area contributed by atoms with Gasteiger partial charge < -0.3 is 15.0 Å². The number of nitrogens with zero attached hydrogens (tertiary/aromatic N) is 2. The normalized spacial score (nSPS) is 16.1. The highest BCUT2D eigenvalue weighted by atomic mass is 32.2. The number of anilines is 1. The van der Waals surface area contributed by atoms with E-state index in [0.717, 1.165) is 0 Å². The number of nitrogens with two attached hydrogens (primary N) is 1. The van der Waals surface area contributed by atoms with Crippen LogP contribution in [0.4, 0.5) is 5.69 Å². The number of sulfonamides is 2. The van der Waals surface area contributed by atoms with Crippen LogP contribution in [-0.4, -0.2) is 72.3 Å². The molecule has 168 valence electrons. The summed E-state index contributed by atoms with van der Waals surface area (Å²) in [5, 5.41) is 7.67. The number of primary sulfonamides is 1. The van der Waals surface area contributed by atoms with Crippen molar-refractivity contribution in [2.75, 3.05) is 45.7 Å². The third-order valence-corrected chi connectivity index (χ3v) is 7.80. The quantitative estimate of drug-likeness (QED) is 0.630. The Balaban J connectivity index is 1.86. The zero-order chi connectivity index (χ0) is 22.8. The summed E-state index contributed by atoms with van der Waals surface area (Å²) in [6.07, 6.45) is 0. The number of nitrogens with one attached hydrogen (secondary N) is 1. The van der Waals surface area contributed by atoms with Crippen molar-refractivity contribution >= 4 is 31.6 Å². The van der Waals surface area contributed by atoms with Crippen molar-refractivity contribution in [1.29, 1.82) is 0 Å². The molecule has 2 aromatic carbocycles. The molecule has 0 spiro atoms. The highest BCUT2D eigenvalue weighted by Gasteiger charge is 2.30. The second-order valence-electron chi connectivity index (χ2n) is 7.10. The van der Waals surface area contributed by atoms with Crippen molar-refractivity contribution < 1.29 is 26.4 Å². The van der Waals surface area contributed by atoms with E-state index < -0.39 is 26.0 Å². The molecule has 10 nitrogen and oxygen atoms in total. The second kappa shape index (κ2) is 8.93. The number of amides is 1. The van der Waals surface area contributed by atoms with E-state index in [2.05, 4.69) is 5.32 Å². The maximum atomic E-state index is 13.2. The summed E-state index contributed by atoms with van der Waals surface area (Å²) in [4.78, 5) is 14.5. The molecule has 0 bridgehead atoms. The molecule has 0 unspecified atom stereocenters. The lowest BCUT2D eigenvalue weighted by Gasteiger charge is -2.31. The van der Waals surface area contributed by atoms with Crippen LogP contribution in [0.5, 0.6) is 5.75 Å². The van der Waals surface area contributed by atoms with E-state index in [4.69, 9.17) is 9.88 Å². The van der Waals surface area contributed by atoms with Crippen LogP contribution < -0.4 is 15.2 Å². The lowest BCUT2D eigenvalue weighted by Crippen LogP contribution is -2.47. The minimum Gasteiger partial charge on any atom is -0.495 e. The second-order valence-corrected chi connectivity index (χ2v) is 10.6. The van der Waals surface area contributed by atoms with Crippen LogP contribution in [0.3, 0.4) is 0 Å². The Labute approximate surface area is 181 Å². The van der Waals surface area contributed by atoms with Gasteiger partial charge in [0, 0.05) is 37.4 Å². The average Bonchev–Trinajstić information content (AvgIpc) is 2.73. The zero-order valence-electron chi connectivity index (χ0n) is 17.1. The van der Waals surface area contributed by atoms with Crippen LogP contribution in [0, 0.1) is 0 Å². The molecule has 1 aliphatic rings. The van der Waals surface area contributed by atoms with Crippen molar-refractivity contribution in [3.05, 3.63) is 48.0 Å². The lowest BCUT2D eigenvalue weighted by atomic mass is 10.2. The first kappa shape index (κ1) is 23.2. The summed E-state index contributed by atoms with van der Waals surface area (Å²) in [5.74, 6) is -0.409. The van der Waals surface area contributed by atoms with E-state index in [1.165, 1.54) is 53.9 Å². The molecule has 1 fully saturated rings. The largest absolute Gasteiger partial charge is 0.495 e. The predicted molar refractivity (Wildman–Crippen MR) is 115 cm³/mol. The Hall–Kier alpha value is -2.51. The van der Waals surface area contributed by atoms with Gasteiger partial charge in [0.2, 0.25) is 20.0 Å². The molecule has 1 amide bonds. The molecule has 3 rings (SSSR count). The van der Waals surface area contributed by atoms with E-state index in [9.17, 15) is 21.6 Å². The van der Waals surface area contributed by atoms with Crippen LogP contribution in [0.25, 0.3) is 0 Å². The molecule has 0 atom stereocenters. The van der Waals surface area contributed by atoms with Gasteiger partial charge in [0.05, 0.1) is 12.0 Å². The number of methoxy groups -OCH3 is 1. The Morgan fingerprint density at radius 2 is 1.61 bits per heavy atom. The molecular formula is C19H24N4O6S2. The van der Waals surface area contributed by atoms with E-state index in [0.29, 0.717) is 31.9 Å². The fraction of sp³-hybridized carbons (Fsp3) is 0.316. The SMILES string of the molecule is COc1ccc(C(=O)Nc2ccc(S(N)(=O)=O)cc2)cc1S(=O)(=O)N1CCN(C)CC1. The van der Waals surface area contributed by atoms with E-state index in [1.54, 1.807) is 0 Å². The number of rotatable bonds is 6. The van der Waals surface area contributed by atoms with Gasteiger partial charge in [-0.1, -0.05) is 0 Å². The lowest BCUT2D eigenvalue weighted by molar-refractivity contribution is 0.102. The Kier molecular flexibility index (Phi) is 6.67. The standard InChI is InChI=1S/C19H24N4O6S2/c1-22-9-11-23(12-10-22)31(27,28)18-13-14(3-8-17(18)29-2)19(24)21-15-4-6-16(7-5-15)30(20,25)26/h3-8,13H,9-12H2,1-2H3,(H,21,24)(H2,20,25,26). The Morgan fingerprint density at radius 3 is 2.16 bits per heavy atom. The molecule has 0 saturated carbocycles. The van der Waals surface area contributed by atoms with Crippen molar-refractivity contribution in [2.45, 2.75) is 9.79 Å². The van der Waals surface area contributed by atoms with Crippen molar-refractivity contribution in [3.63, 3.8) is 0 Å². The predicted octanol–water partition coefficient (Wildman–Crippen LogP) is 0.531.